The molecule has 1 amide bonds. The van der Waals surface area contributed by atoms with Gasteiger partial charge in [0.1, 0.15) is 0 Å². The third-order valence-electron chi connectivity index (χ3n) is 3.26. The van der Waals surface area contributed by atoms with E-state index in [1.54, 1.807) is 4.90 Å². The molecule has 0 aromatic heterocycles. The van der Waals surface area contributed by atoms with E-state index in [0.717, 1.165) is 24.1 Å². The number of carbonyl (C=O) groups is 1. The van der Waals surface area contributed by atoms with Crippen LogP contribution in [0.2, 0.25) is 0 Å². The molecule has 0 unspecified atom stereocenters. The fourth-order valence-electron chi connectivity index (χ4n) is 1.62. The molecule has 0 aliphatic carbocycles. The Morgan fingerprint density at radius 3 is 2.07 bits per heavy atom. The van der Waals surface area contributed by atoms with Crippen molar-refractivity contribution in [2.45, 2.75) is 40.5 Å². The lowest BCUT2D eigenvalue weighted by molar-refractivity contribution is -0.124. The fourth-order valence-corrected chi connectivity index (χ4v) is 1.62. The molecule has 0 atom stereocenters. The molecule has 78 valence electrons. The molecule has 1 rings (SSSR count). The SMILES string of the molecule is CC1=C(C)C(=O)N(C)C(C)=C(C)CC1. The summed E-state index contributed by atoms with van der Waals surface area (Å²) in [5, 5.41) is 0. The van der Waals surface area contributed by atoms with E-state index in [9.17, 15) is 4.79 Å². The van der Waals surface area contributed by atoms with Gasteiger partial charge in [-0.2, -0.15) is 0 Å². The topological polar surface area (TPSA) is 20.3 Å². The maximum Gasteiger partial charge on any atom is 0.253 e. The largest absolute Gasteiger partial charge is 0.316 e. The molecule has 0 N–H and O–H groups in total. The molecule has 0 spiro atoms. The molecule has 1 aliphatic rings. The molecule has 0 radical (unpaired) electrons. The van der Waals surface area contributed by atoms with Crippen LogP contribution in [0.25, 0.3) is 0 Å². The number of amides is 1. The van der Waals surface area contributed by atoms with E-state index in [4.69, 9.17) is 0 Å². The molecule has 0 aromatic rings. The summed E-state index contributed by atoms with van der Waals surface area (Å²) in [6.45, 7) is 8.09. The maximum atomic E-state index is 11.9. The van der Waals surface area contributed by atoms with Crippen molar-refractivity contribution in [3.05, 3.63) is 22.4 Å². The lowest BCUT2D eigenvalue weighted by Crippen LogP contribution is -2.28. The lowest BCUT2D eigenvalue weighted by Gasteiger charge is -2.24. The molecule has 1 heterocycles. The minimum absolute atomic E-state index is 0.138. The number of nitrogens with zero attached hydrogens (tertiary/aromatic N) is 1. The minimum Gasteiger partial charge on any atom is -0.316 e. The summed E-state index contributed by atoms with van der Waals surface area (Å²) in [5.41, 5.74) is 4.53. The molecule has 14 heavy (non-hydrogen) atoms. The Morgan fingerprint density at radius 1 is 1.00 bits per heavy atom. The lowest BCUT2D eigenvalue weighted by atomic mass is 9.98. The highest BCUT2D eigenvalue weighted by atomic mass is 16.2. The standard InChI is InChI=1S/C12H19NO/c1-8-6-7-9(2)11(4)13(5)12(14)10(8)3/h6-7H2,1-5H3. The van der Waals surface area contributed by atoms with E-state index in [2.05, 4.69) is 13.8 Å². The smallest absolute Gasteiger partial charge is 0.253 e. The molecule has 0 aromatic carbocycles. The van der Waals surface area contributed by atoms with Crippen LogP contribution in [-0.4, -0.2) is 17.9 Å². The van der Waals surface area contributed by atoms with Crippen LogP contribution >= 0.6 is 0 Å². The van der Waals surface area contributed by atoms with E-state index >= 15 is 0 Å². The summed E-state index contributed by atoms with van der Waals surface area (Å²) in [6.07, 6.45) is 2.07. The number of hydrogen-bond acceptors (Lipinski definition) is 1. The number of allylic oxidation sites excluding steroid dienone is 3. The first kappa shape index (κ1) is 11.0. The van der Waals surface area contributed by atoms with E-state index in [1.165, 1.54) is 11.1 Å². The molecule has 2 heteroatoms. The molecular weight excluding hydrogens is 174 g/mol. The Kier molecular flexibility index (Phi) is 3.14. The van der Waals surface area contributed by atoms with Gasteiger partial charge in [-0.3, -0.25) is 4.79 Å². The van der Waals surface area contributed by atoms with Gasteiger partial charge in [0, 0.05) is 18.3 Å². The zero-order chi connectivity index (χ0) is 10.9. The van der Waals surface area contributed by atoms with E-state index in [1.807, 2.05) is 20.9 Å². The van der Waals surface area contributed by atoms with Crippen molar-refractivity contribution >= 4 is 5.91 Å². The Balaban J connectivity index is 3.10. The van der Waals surface area contributed by atoms with Crippen LogP contribution in [0, 0.1) is 0 Å². The summed E-state index contributed by atoms with van der Waals surface area (Å²) in [7, 11) is 1.85. The summed E-state index contributed by atoms with van der Waals surface area (Å²) in [4.78, 5) is 13.7. The van der Waals surface area contributed by atoms with Gasteiger partial charge in [-0.05, 0) is 40.5 Å². The predicted molar refractivity (Wildman–Crippen MR) is 58.8 cm³/mol. The van der Waals surface area contributed by atoms with Gasteiger partial charge in [-0.15, -0.1) is 0 Å². The number of likely N-dealkylation sites (N-methyl/N-ethyl adjacent to an activating group) is 1. The summed E-state index contributed by atoms with van der Waals surface area (Å²) < 4.78 is 0. The predicted octanol–water partition coefficient (Wildman–Crippen LogP) is 2.87. The monoisotopic (exact) mass is 193 g/mol. The van der Waals surface area contributed by atoms with Crippen molar-refractivity contribution in [2.75, 3.05) is 7.05 Å². The summed E-state index contributed by atoms with van der Waals surface area (Å²) >= 11 is 0. The minimum atomic E-state index is 0.138. The summed E-state index contributed by atoms with van der Waals surface area (Å²) in [5.74, 6) is 0.138. The number of hydrogen-bond donors (Lipinski definition) is 0. The van der Waals surface area contributed by atoms with Gasteiger partial charge in [0.15, 0.2) is 0 Å². The molecule has 1 aliphatic heterocycles. The van der Waals surface area contributed by atoms with Gasteiger partial charge >= 0.3 is 0 Å². The Morgan fingerprint density at radius 2 is 1.50 bits per heavy atom. The highest BCUT2D eigenvalue weighted by molar-refractivity contribution is 5.94. The van der Waals surface area contributed by atoms with Crippen LogP contribution in [0.5, 0.6) is 0 Å². The van der Waals surface area contributed by atoms with Crippen molar-refractivity contribution in [1.82, 2.24) is 4.90 Å². The van der Waals surface area contributed by atoms with Crippen LogP contribution in [0.1, 0.15) is 40.5 Å². The first-order valence-corrected chi connectivity index (χ1v) is 5.06. The quantitative estimate of drug-likeness (QED) is 0.579. The average molecular weight is 193 g/mol. The van der Waals surface area contributed by atoms with Crippen LogP contribution in [0.3, 0.4) is 0 Å². The van der Waals surface area contributed by atoms with Gasteiger partial charge in [0.2, 0.25) is 0 Å². The highest BCUT2D eigenvalue weighted by Crippen LogP contribution is 2.23. The second kappa shape index (κ2) is 3.99. The Hall–Kier alpha value is -1.05. The summed E-state index contributed by atoms with van der Waals surface area (Å²) in [6, 6.07) is 0. The van der Waals surface area contributed by atoms with Gasteiger partial charge < -0.3 is 4.90 Å². The first-order valence-electron chi connectivity index (χ1n) is 5.06. The van der Waals surface area contributed by atoms with E-state index < -0.39 is 0 Å². The normalized spacial score (nSPS) is 20.1. The van der Waals surface area contributed by atoms with Crippen LogP contribution < -0.4 is 0 Å². The third kappa shape index (κ3) is 1.89. The van der Waals surface area contributed by atoms with Gasteiger partial charge in [0.25, 0.3) is 5.91 Å². The fraction of sp³-hybridized carbons (Fsp3) is 0.583. The zero-order valence-electron chi connectivity index (χ0n) is 9.77. The van der Waals surface area contributed by atoms with Crippen LogP contribution in [0.15, 0.2) is 22.4 Å². The average Bonchev–Trinajstić information content (AvgIpc) is 2.19. The van der Waals surface area contributed by atoms with E-state index in [-0.39, 0.29) is 5.91 Å². The van der Waals surface area contributed by atoms with Crippen molar-refractivity contribution in [3.8, 4) is 0 Å². The highest BCUT2D eigenvalue weighted by Gasteiger charge is 2.18. The van der Waals surface area contributed by atoms with Crippen molar-refractivity contribution in [2.24, 2.45) is 0 Å². The molecule has 0 bridgehead atoms. The molecular formula is C12H19NO. The molecule has 0 saturated carbocycles. The third-order valence-corrected chi connectivity index (χ3v) is 3.26. The number of rotatable bonds is 0. The second-order valence-electron chi connectivity index (χ2n) is 4.14. The molecule has 2 nitrogen and oxygen atoms in total. The molecule has 0 saturated heterocycles. The van der Waals surface area contributed by atoms with Gasteiger partial charge in [0.05, 0.1) is 0 Å². The van der Waals surface area contributed by atoms with Crippen LogP contribution in [-0.2, 0) is 4.79 Å². The second-order valence-corrected chi connectivity index (χ2v) is 4.14. The van der Waals surface area contributed by atoms with Crippen molar-refractivity contribution < 1.29 is 4.79 Å². The Labute approximate surface area is 86.3 Å². The maximum absolute atomic E-state index is 11.9. The molecule has 0 fully saturated rings. The van der Waals surface area contributed by atoms with E-state index in [0.29, 0.717) is 0 Å². The van der Waals surface area contributed by atoms with Gasteiger partial charge in [-0.1, -0.05) is 11.1 Å². The number of carbonyl (C=O) groups excluding carboxylic acids is 1. The Bertz CT molecular complexity index is 323. The first-order chi connectivity index (χ1) is 6.45. The van der Waals surface area contributed by atoms with Crippen molar-refractivity contribution in [3.63, 3.8) is 0 Å². The zero-order valence-corrected chi connectivity index (χ0v) is 9.77. The van der Waals surface area contributed by atoms with Crippen molar-refractivity contribution in [1.29, 1.82) is 0 Å². The van der Waals surface area contributed by atoms with Crippen LogP contribution in [0.4, 0.5) is 0 Å². The van der Waals surface area contributed by atoms with Gasteiger partial charge in [-0.25, -0.2) is 0 Å².